The summed E-state index contributed by atoms with van der Waals surface area (Å²) >= 11 is 0. The van der Waals surface area contributed by atoms with E-state index in [9.17, 15) is 18.4 Å². The summed E-state index contributed by atoms with van der Waals surface area (Å²) < 4.78 is 36.6. The first-order chi connectivity index (χ1) is 12.5. The Bertz CT molecular complexity index is 857. The first-order valence-electron chi connectivity index (χ1n) is 7.86. The molecule has 3 rings (SSSR count). The summed E-state index contributed by atoms with van der Waals surface area (Å²) in [4.78, 5) is 25.4. The van der Waals surface area contributed by atoms with Crippen LogP contribution in [-0.2, 0) is 4.79 Å². The van der Waals surface area contributed by atoms with E-state index in [2.05, 4.69) is 5.32 Å². The summed E-state index contributed by atoms with van der Waals surface area (Å²) in [6.07, 6.45) is 0. The lowest BCUT2D eigenvalue weighted by atomic mass is 10.2. The third-order valence-corrected chi connectivity index (χ3v) is 3.85. The lowest BCUT2D eigenvalue weighted by Crippen LogP contribution is -2.37. The molecule has 26 heavy (non-hydrogen) atoms. The molecule has 1 heterocycles. The Morgan fingerprint density at radius 1 is 1.08 bits per heavy atom. The second-order valence-corrected chi connectivity index (χ2v) is 5.59. The summed E-state index contributed by atoms with van der Waals surface area (Å²) in [6.45, 7) is 1.86. The molecule has 0 fully saturated rings. The zero-order valence-corrected chi connectivity index (χ0v) is 13.9. The van der Waals surface area contributed by atoms with Crippen LogP contribution in [0.1, 0.15) is 17.3 Å². The number of ether oxygens (including phenoxy) is 2. The predicted molar refractivity (Wildman–Crippen MR) is 89.3 cm³/mol. The van der Waals surface area contributed by atoms with Crippen molar-refractivity contribution in [2.75, 3.05) is 24.8 Å². The molecule has 1 aliphatic rings. The highest BCUT2D eigenvalue weighted by molar-refractivity contribution is 5.94. The lowest BCUT2D eigenvalue weighted by molar-refractivity contribution is -0.116. The lowest BCUT2D eigenvalue weighted by Gasteiger charge is -2.21. The van der Waals surface area contributed by atoms with Gasteiger partial charge in [0.1, 0.15) is 0 Å². The van der Waals surface area contributed by atoms with Gasteiger partial charge in [-0.1, -0.05) is 0 Å². The van der Waals surface area contributed by atoms with Crippen molar-refractivity contribution >= 4 is 17.5 Å². The molecule has 0 atom stereocenters. The van der Waals surface area contributed by atoms with Crippen molar-refractivity contribution < 1.29 is 27.8 Å². The van der Waals surface area contributed by atoms with Gasteiger partial charge in [-0.3, -0.25) is 9.59 Å². The molecule has 1 N–H and O–H groups in total. The van der Waals surface area contributed by atoms with E-state index in [0.29, 0.717) is 17.2 Å². The summed E-state index contributed by atoms with van der Waals surface area (Å²) in [5.41, 5.74) is 0.602. The summed E-state index contributed by atoms with van der Waals surface area (Å²) in [5, 5.41) is 2.58. The molecule has 0 aliphatic carbocycles. The van der Waals surface area contributed by atoms with Crippen LogP contribution in [0.3, 0.4) is 0 Å². The first kappa shape index (κ1) is 17.7. The number of anilines is 1. The van der Waals surface area contributed by atoms with Gasteiger partial charge in [-0.2, -0.15) is 0 Å². The predicted octanol–water partition coefficient (Wildman–Crippen LogP) is 2.48. The smallest absolute Gasteiger partial charge is 0.251 e. The quantitative estimate of drug-likeness (QED) is 0.887. The fourth-order valence-corrected chi connectivity index (χ4v) is 2.54. The molecule has 0 radical (unpaired) electrons. The second-order valence-electron chi connectivity index (χ2n) is 5.59. The minimum atomic E-state index is -1.09. The van der Waals surface area contributed by atoms with Gasteiger partial charge in [0.05, 0.1) is 0 Å². The Balaban J connectivity index is 1.63. The molecule has 0 spiro atoms. The number of rotatable bonds is 5. The fraction of sp³-hybridized carbons (Fsp3) is 0.222. The van der Waals surface area contributed by atoms with Gasteiger partial charge in [0.2, 0.25) is 12.7 Å². The topological polar surface area (TPSA) is 67.9 Å². The monoisotopic (exact) mass is 362 g/mol. The zero-order chi connectivity index (χ0) is 18.7. The number of fused-ring (bicyclic) bond motifs is 1. The number of halogens is 2. The van der Waals surface area contributed by atoms with E-state index >= 15 is 0 Å². The van der Waals surface area contributed by atoms with Crippen LogP contribution in [-0.4, -0.2) is 31.7 Å². The van der Waals surface area contributed by atoms with Crippen LogP contribution in [0.4, 0.5) is 14.5 Å². The molecule has 6 nitrogen and oxygen atoms in total. The van der Waals surface area contributed by atoms with Crippen molar-refractivity contribution in [1.82, 2.24) is 5.32 Å². The van der Waals surface area contributed by atoms with Gasteiger partial charge in [0, 0.05) is 37.3 Å². The van der Waals surface area contributed by atoms with E-state index in [-0.39, 0.29) is 31.4 Å². The highest BCUT2D eigenvalue weighted by Gasteiger charge is 2.18. The van der Waals surface area contributed by atoms with E-state index in [4.69, 9.17) is 9.47 Å². The van der Waals surface area contributed by atoms with Crippen LogP contribution in [0.5, 0.6) is 11.5 Å². The number of hydrogen-bond acceptors (Lipinski definition) is 4. The average molecular weight is 362 g/mol. The van der Waals surface area contributed by atoms with Gasteiger partial charge in [-0.15, -0.1) is 0 Å². The molecule has 8 heteroatoms. The van der Waals surface area contributed by atoms with Crippen molar-refractivity contribution in [3.05, 3.63) is 53.6 Å². The van der Waals surface area contributed by atoms with Crippen molar-refractivity contribution in [1.29, 1.82) is 0 Å². The van der Waals surface area contributed by atoms with Gasteiger partial charge >= 0.3 is 0 Å². The molecule has 0 saturated heterocycles. The molecular formula is C18H16F2N2O4. The Kier molecular flexibility index (Phi) is 5.01. The normalized spacial score (nSPS) is 12.0. The van der Waals surface area contributed by atoms with Crippen molar-refractivity contribution in [3.8, 4) is 11.5 Å². The van der Waals surface area contributed by atoms with E-state index < -0.39 is 17.5 Å². The number of nitrogens with zero attached hydrogens (tertiary/aromatic N) is 1. The van der Waals surface area contributed by atoms with Crippen molar-refractivity contribution in [2.45, 2.75) is 6.92 Å². The molecule has 0 unspecified atom stereocenters. The summed E-state index contributed by atoms with van der Waals surface area (Å²) in [6, 6.07) is 8.00. The van der Waals surface area contributed by atoms with E-state index in [0.717, 1.165) is 12.1 Å². The molecule has 2 amide bonds. The van der Waals surface area contributed by atoms with E-state index in [1.165, 1.54) is 17.9 Å². The largest absolute Gasteiger partial charge is 0.454 e. The number of hydrogen-bond donors (Lipinski definition) is 1. The van der Waals surface area contributed by atoms with Crippen LogP contribution in [0.2, 0.25) is 0 Å². The Morgan fingerprint density at radius 2 is 1.85 bits per heavy atom. The molecule has 0 saturated carbocycles. The van der Waals surface area contributed by atoms with Gasteiger partial charge in [-0.25, -0.2) is 8.78 Å². The minimum Gasteiger partial charge on any atom is -0.454 e. The average Bonchev–Trinajstić information content (AvgIpc) is 3.08. The Hall–Kier alpha value is -3.16. The number of carbonyl (C=O) groups excluding carboxylic acids is 2. The van der Waals surface area contributed by atoms with Gasteiger partial charge in [0.15, 0.2) is 23.1 Å². The maximum absolute atomic E-state index is 13.2. The summed E-state index contributed by atoms with van der Waals surface area (Å²) in [5.74, 6) is -1.75. The maximum Gasteiger partial charge on any atom is 0.251 e. The van der Waals surface area contributed by atoms with Gasteiger partial charge < -0.3 is 19.7 Å². The fourth-order valence-electron chi connectivity index (χ4n) is 2.54. The maximum atomic E-state index is 13.2. The van der Waals surface area contributed by atoms with E-state index in [1.54, 1.807) is 18.2 Å². The van der Waals surface area contributed by atoms with Crippen LogP contribution in [0.15, 0.2) is 36.4 Å². The SMILES string of the molecule is CC(=O)N(CCNC(=O)c1ccc(F)c(F)c1)c1ccc2c(c1)OCO2. The van der Waals surface area contributed by atoms with Crippen molar-refractivity contribution in [2.24, 2.45) is 0 Å². The molecule has 2 aromatic carbocycles. The standard InChI is InChI=1S/C18H16F2N2O4/c1-11(23)22(13-3-5-16-17(9-13)26-10-25-16)7-6-21-18(24)12-2-4-14(19)15(20)8-12/h2-5,8-9H,6-7,10H2,1H3,(H,21,24). The molecule has 136 valence electrons. The molecule has 2 aromatic rings. The number of carbonyl (C=O) groups is 2. The number of nitrogens with one attached hydrogen (secondary N) is 1. The van der Waals surface area contributed by atoms with E-state index in [1.807, 2.05) is 0 Å². The molecule has 1 aliphatic heterocycles. The highest BCUT2D eigenvalue weighted by atomic mass is 19.2. The Morgan fingerprint density at radius 3 is 2.58 bits per heavy atom. The van der Waals surface area contributed by atoms with Crippen LogP contribution in [0.25, 0.3) is 0 Å². The van der Waals surface area contributed by atoms with Gasteiger partial charge in [-0.05, 0) is 30.3 Å². The van der Waals surface area contributed by atoms with Crippen molar-refractivity contribution in [3.63, 3.8) is 0 Å². The Labute approximate surface area is 148 Å². The second kappa shape index (κ2) is 7.38. The molecular weight excluding hydrogens is 346 g/mol. The summed E-state index contributed by atoms with van der Waals surface area (Å²) in [7, 11) is 0. The minimum absolute atomic E-state index is 0.00125. The van der Waals surface area contributed by atoms with Crippen LogP contribution in [0, 0.1) is 11.6 Å². The number of amides is 2. The first-order valence-corrected chi connectivity index (χ1v) is 7.86. The third kappa shape index (κ3) is 3.74. The van der Waals surface area contributed by atoms with Gasteiger partial charge in [0.25, 0.3) is 5.91 Å². The van der Waals surface area contributed by atoms with Crippen LogP contribution < -0.4 is 19.7 Å². The number of benzene rings is 2. The highest BCUT2D eigenvalue weighted by Crippen LogP contribution is 2.35. The molecule has 0 aromatic heterocycles. The molecule has 0 bridgehead atoms. The van der Waals surface area contributed by atoms with Crippen LogP contribution >= 0.6 is 0 Å². The third-order valence-electron chi connectivity index (χ3n) is 3.85. The zero-order valence-electron chi connectivity index (χ0n) is 13.9.